The second-order valence-electron chi connectivity index (χ2n) is 7.57. The van der Waals surface area contributed by atoms with Crippen molar-refractivity contribution in [3.63, 3.8) is 0 Å². The third kappa shape index (κ3) is 5.50. The molecule has 0 fully saturated rings. The minimum atomic E-state index is -2.77. The van der Waals surface area contributed by atoms with Crippen LogP contribution in [0.3, 0.4) is 0 Å². The normalized spacial score (nSPS) is 15.6. The van der Waals surface area contributed by atoms with Gasteiger partial charge in [-0.1, -0.05) is 0 Å². The summed E-state index contributed by atoms with van der Waals surface area (Å²) in [5.41, 5.74) is 1.49. The molecule has 4 rings (SSSR count). The zero-order valence-electron chi connectivity index (χ0n) is 17.4. The van der Waals surface area contributed by atoms with Crippen molar-refractivity contribution in [2.24, 2.45) is 0 Å². The Balaban J connectivity index is 1.78. The van der Waals surface area contributed by atoms with Gasteiger partial charge in [-0.25, -0.2) is 23.0 Å². The van der Waals surface area contributed by atoms with Gasteiger partial charge in [0.05, 0.1) is 25.2 Å². The van der Waals surface area contributed by atoms with Crippen molar-refractivity contribution >= 4 is 21.4 Å². The maximum Gasteiger partial charge on any atom is 0.227 e. The Morgan fingerprint density at radius 1 is 1.12 bits per heavy atom. The van der Waals surface area contributed by atoms with Gasteiger partial charge in [-0.3, -0.25) is 4.78 Å². The molecular formula is C22H22F2N4O3S. The fourth-order valence-corrected chi connectivity index (χ4v) is 4.15. The topological polar surface area (TPSA) is 97.2 Å². The summed E-state index contributed by atoms with van der Waals surface area (Å²) in [6, 6.07) is 9.05. The molecule has 2 N–H and O–H groups in total. The van der Waals surface area contributed by atoms with E-state index in [1.54, 1.807) is 18.2 Å². The van der Waals surface area contributed by atoms with Gasteiger partial charge in [-0.2, -0.15) is 0 Å². The minimum Gasteiger partial charge on any atom is -0.494 e. The molecule has 0 unspecified atom stereocenters. The Kier molecular flexibility index (Phi) is 6.22. The van der Waals surface area contributed by atoms with E-state index < -0.39 is 21.4 Å². The third-order valence-corrected chi connectivity index (χ3v) is 5.56. The number of aromatic nitrogens is 2. The molecule has 32 heavy (non-hydrogen) atoms. The molecule has 7 nitrogen and oxygen atoms in total. The van der Waals surface area contributed by atoms with Crippen molar-refractivity contribution in [2.45, 2.75) is 18.6 Å². The van der Waals surface area contributed by atoms with Crippen LogP contribution in [0.2, 0.25) is 0 Å². The lowest BCUT2D eigenvalue weighted by Gasteiger charge is -2.13. The van der Waals surface area contributed by atoms with E-state index in [0.717, 1.165) is 6.20 Å². The first kappa shape index (κ1) is 21.9. The average Bonchev–Trinajstić information content (AvgIpc) is 2.71. The second kappa shape index (κ2) is 9.07. The predicted molar refractivity (Wildman–Crippen MR) is 118 cm³/mol. The first-order valence-corrected chi connectivity index (χ1v) is 12.1. The molecule has 0 saturated carbocycles. The summed E-state index contributed by atoms with van der Waals surface area (Å²) in [4.78, 5) is 8.28. The van der Waals surface area contributed by atoms with Crippen molar-refractivity contribution < 1.29 is 22.5 Å². The van der Waals surface area contributed by atoms with Gasteiger partial charge in [0.15, 0.2) is 5.82 Å². The molecule has 0 saturated heterocycles. The fraction of sp³-hybridized carbons (Fsp3) is 0.273. The highest BCUT2D eigenvalue weighted by Gasteiger charge is 2.17. The maximum absolute atomic E-state index is 14.6. The van der Waals surface area contributed by atoms with Crippen LogP contribution in [-0.4, -0.2) is 33.6 Å². The van der Waals surface area contributed by atoms with E-state index in [-0.39, 0.29) is 23.1 Å². The standard InChI is InChI=1S/C22H22F2N4O3S/c1-32(25,29)13-14-8-16-11-17(9-14)30-6-2-3-7-31-20-10-15(23)4-5-18(20)21-19(24)12-26-22(27-16)28-21/h4-5,8-12,25H,2-3,6-7,13H2,1H3,(H,26,27,28)/t32-/m0/s1. The average molecular weight is 461 g/mol. The van der Waals surface area contributed by atoms with Crippen molar-refractivity contribution in [3.05, 3.63) is 59.8 Å². The Morgan fingerprint density at radius 2 is 1.91 bits per heavy atom. The van der Waals surface area contributed by atoms with Crippen molar-refractivity contribution in [3.8, 4) is 22.8 Å². The number of fused-ring (bicyclic) bond motifs is 6. The molecule has 1 aromatic heterocycles. The molecule has 4 bridgehead atoms. The van der Waals surface area contributed by atoms with Gasteiger partial charge in [0.2, 0.25) is 5.95 Å². The lowest BCUT2D eigenvalue weighted by atomic mass is 10.1. The molecule has 1 aliphatic rings. The van der Waals surface area contributed by atoms with Crippen LogP contribution in [0.15, 0.2) is 42.6 Å². The van der Waals surface area contributed by atoms with Crippen LogP contribution in [0.1, 0.15) is 18.4 Å². The van der Waals surface area contributed by atoms with Crippen molar-refractivity contribution in [2.75, 3.05) is 24.8 Å². The highest BCUT2D eigenvalue weighted by molar-refractivity contribution is 7.90. The van der Waals surface area contributed by atoms with Crippen LogP contribution in [0, 0.1) is 16.4 Å². The molecule has 0 amide bonds. The van der Waals surface area contributed by atoms with Gasteiger partial charge >= 0.3 is 0 Å². The van der Waals surface area contributed by atoms with E-state index in [4.69, 9.17) is 14.3 Å². The lowest BCUT2D eigenvalue weighted by Crippen LogP contribution is -2.04. The Hall–Kier alpha value is -3.27. The molecule has 0 spiro atoms. The van der Waals surface area contributed by atoms with Crippen LogP contribution in [0.4, 0.5) is 20.4 Å². The molecule has 1 atom stereocenters. The van der Waals surface area contributed by atoms with Crippen molar-refractivity contribution in [1.29, 1.82) is 4.78 Å². The fourth-order valence-electron chi connectivity index (χ4n) is 3.35. The van der Waals surface area contributed by atoms with Crippen LogP contribution in [-0.2, 0) is 15.5 Å². The number of hydrogen-bond donors (Lipinski definition) is 2. The Labute approximate surface area is 184 Å². The molecule has 1 aliphatic heterocycles. The zero-order valence-corrected chi connectivity index (χ0v) is 18.2. The van der Waals surface area contributed by atoms with Gasteiger partial charge in [0.25, 0.3) is 0 Å². The molecule has 0 radical (unpaired) electrons. The maximum atomic E-state index is 14.6. The quantitative estimate of drug-likeness (QED) is 0.565. The van der Waals surface area contributed by atoms with Crippen molar-refractivity contribution in [1.82, 2.24) is 9.97 Å². The molecule has 2 aromatic carbocycles. The van der Waals surface area contributed by atoms with Crippen LogP contribution in [0.25, 0.3) is 11.3 Å². The molecule has 3 aromatic rings. The summed E-state index contributed by atoms with van der Waals surface area (Å²) in [5, 5.41) is 3.01. The van der Waals surface area contributed by atoms with Crippen LogP contribution < -0.4 is 14.8 Å². The number of rotatable bonds is 2. The zero-order chi connectivity index (χ0) is 22.7. The lowest BCUT2D eigenvalue weighted by molar-refractivity contribution is 0.266. The highest BCUT2D eigenvalue weighted by Crippen LogP contribution is 2.33. The number of anilines is 2. The summed E-state index contributed by atoms with van der Waals surface area (Å²) >= 11 is 0. The van der Waals surface area contributed by atoms with E-state index in [0.29, 0.717) is 48.6 Å². The molecule has 2 heterocycles. The van der Waals surface area contributed by atoms with Gasteiger partial charge in [-0.15, -0.1) is 0 Å². The summed E-state index contributed by atoms with van der Waals surface area (Å²) in [6.45, 7) is 0.698. The van der Waals surface area contributed by atoms with E-state index in [9.17, 15) is 13.0 Å². The summed E-state index contributed by atoms with van der Waals surface area (Å²) < 4.78 is 59.7. The SMILES string of the molecule is C[S@](=N)(=O)Cc1cc2cc(c1)OCCCCOc1cc(F)ccc1-c1nc(ncc1F)N2. The number of hydrogen-bond acceptors (Lipinski definition) is 7. The predicted octanol–water partition coefficient (Wildman–Crippen LogP) is 4.89. The molecule has 10 heteroatoms. The first-order valence-electron chi connectivity index (χ1n) is 9.97. The number of nitrogens with one attached hydrogen (secondary N) is 2. The minimum absolute atomic E-state index is 0.0252. The smallest absolute Gasteiger partial charge is 0.227 e. The van der Waals surface area contributed by atoms with Gasteiger partial charge in [0.1, 0.15) is 23.0 Å². The number of nitrogens with zero attached hydrogens (tertiary/aromatic N) is 2. The summed E-state index contributed by atoms with van der Waals surface area (Å²) in [5.74, 6) is -0.270. The second-order valence-corrected chi connectivity index (χ2v) is 9.87. The monoisotopic (exact) mass is 460 g/mol. The van der Waals surface area contributed by atoms with Crippen LogP contribution >= 0.6 is 0 Å². The molecule has 168 valence electrons. The Morgan fingerprint density at radius 3 is 2.69 bits per heavy atom. The number of ether oxygens (including phenoxy) is 2. The van der Waals surface area contributed by atoms with E-state index in [1.807, 2.05) is 0 Å². The summed E-state index contributed by atoms with van der Waals surface area (Å²) in [6.07, 6.45) is 3.70. The largest absolute Gasteiger partial charge is 0.494 e. The Bertz CT molecular complexity index is 1250. The number of benzene rings is 2. The highest BCUT2D eigenvalue weighted by atomic mass is 32.2. The number of halogens is 2. The van der Waals surface area contributed by atoms with Crippen LogP contribution in [0.5, 0.6) is 11.5 Å². The molecular weight excluding hydrogens is 438 g/mol. The first-order chi connectivity index (χ1) is 15.3. The van der Waals surface area contributed by atoms with E-state index in [1.165, 1.54) is 24.5 Å². The van der Waals surface area contributed by atoms with Gasteiger partial charge in [0, 0.05) is 39.4 Å². The third-order valence-electron chi connectivity index (χ3n) is 4.67. The molecule has 0 aliphatic carbocycles. The van der Waals surface area contributed by atoms with Gasteiger partial charge in [-0.05, 0) is 42.7 Å². The van der Waals surface area contributed by atoms with E-state index in [2.05, 4.69) is 15.3 Å². The van der Waals surface area contributed by atoms with E-state index >= 15 is 0 Å². The van der Waals surface area contributed by atoms with Gasteiger partial charge < -0.3 is 14.8 Å². The summed E-state index contributed by atoms with van der Waals surface area (Å²) in [7, 11) is -2.77.